The number of anilines is 3. The number of piperidine rings is 1. The molecule has 0 spiro atoms. The predicted octanol–water partition coefficient (Wildman–Crippen LogP) is 5.67. The molecule has 0 amide bonds. The maximum absolute atomic E-state index is 6.29. The third-order valence-electron chi connectivity index (χ3n) is 4.44. The van der Waals surface area contributed by atoms with Crippen molar-refractivity contribution in [3.05, 3.63) is 52.5 Å². The lowest BCUT2D eigenvalue weighted by Gasteiger charge is -2.29. The van der Waals surface area contributed by atoms with E-state index in [1.807, 2.05) is 30.3 Å². The number of hydrogen-bond donors (Lipinski definition) is 1. The van der Waals surface area contributed by atoms with Crippen molar-refractivity contribution in [3.63, 3.8) is 0 Å². The molecule has 0 unspecified atom stereocenters. The van der Waals surface area contributed by atoms with Crippen LogP contribution in [0, 0.1) is 0 Å². The summed E-state index contributed by atoms with van der Waals surface area (Å²) in [6.45, 7) is 2.05. The van der Waals surface area contributed by atoms with E-state index in [4.69, 9.17) is 28.2 Å². The first-order valence-electron chi connectivity index (χ1n) is 8.45. The molecule has 1 aliphatic rings. The van der Waals surface area contributed by atoms with E-state index in [9.17, 15) is 0 Å². The van der Waals surface area contributed by atoms with Crippen molar-refractivity contribution < 1.29 is 0 Å². The number of rotatable bonds is 3. The lowest BCUT2D eigenvalue weighted by molar-refractivity contribution is 0.575. The highest BCUT2D eigenvalue weighted by Crippen LogP contribution is 2.33. The van der Waals surface area contributed by atoms with Crippen LogP contribution in [0.2, 0.25) is 10.0 Å². The smallest absolute Gasteiger partial charge is 0.229 e. The summed E-state index contributed by atoms with van der Waals surface area (Å²) in [5, 5.41) is 5.27. The van der Waals surface area contributed by atoms with Gasteiger partial charge in [0.15, 0.2) is 0 Å². The lowest BCUT2D eigenvalue weighted by Crippen LogP contribution is -2.30. The van der Waals surface area contributed by atoms with Gasteiger partial charge in [0, 0.05) is 18.5 Å². The van der Waals surface area contributed by atoms with Crippen LogP contribution in [0.15, 0.2) is 42.5 Å². The number of benzene rings is 2. The Bertz CT molecular complexity index is 907. The van der Waals surface area contributed by atoms with Crippen molar-refractivity contribution in [1.82, 2.24) is 9.97 Å². The maximum atomic E-state index is 6.29. The van der Waals surface area contributed by atoms with E-state index in [0.29, 0.717) is 21.7 Å². The summed E-state index contributed by atoms with van der Waals surface area (Å²) in [5.74, 6) is 1.51. The SMILES string of the molecule is Clc1cccc(Nc2nc(N3CCCCC3)c3ccccc3n2)c1Cl. The molecule has 1 fully saturated rings. The molecular formula is C19H18Cl2N4. The van der Waals surface area contributed by atoms with E-state index in [0.717, 1.165) is 29.8 Å². The molecule has 128 valence electrons. The zero-order chi connectivity index (χ0) is 17.2. The molecule has 25 heavy (non-hydrogen) atoms. The van der Waals surface area contributed by atoms with Crippen LogP contribution < -0.4 is 10.2 Å². The molecule has 1 aromatic heterocycles. The van der Waals surface area contributed by atoms with Gasteiger partial charge in [-0.25, -0.2) is 4.98 Å². The van der Waals surface area contributed by atoms with Crippen molar-refractivity contribution in [3.8, 4) is 0 Å². The summed E-state index contributed by atoms with van der Waals surface area (Å²) in [6, 6.07) is 13.6. The average molecular weight is 373 g/mol. The monoisotopic (exact) mass is 372 g/mol. The second-order valence-electron chi connectivity index (χ2n) is 6.16. The van der Waals surface area contributed by atoms with Gasteiger partial charge in [0.05, 0.1) is 21.2 Å². The number of nitrogens with one attached hydrogen (secondary N) is 1. The molecule has 3 aromatic rings. The van der Waals surface area contributed by atoms with E-state index in [2.05, 4.69) is 21.3 Å². The molecule has 0 aliphatic carbocycles. The minimum atomic E-state index is 0.473. The quantitative estimate of drug-likeness (QED) is 0.642. The number of nitrogens with zero attached hydrogens (tertiary/aromatic N) is 3. The van der Waals surface area contributed by atoms with E-state index in [1.165, 1.54) is 19.3 Å². The van der Waals surface area contributed by atoms with Crippen LogP contribution in [0.3, 0.4) is 0 Å². The fraction of sp³-hybridized carbons (Fsp3) is 0.263. The molecule has 0 bridgehead atoms. The Labute approximate surface area is 156 Å². The van der Waals surface area contributed by atoms with Crippen LogP contribution in [0.5, 0.6) is 0 Å². The maximum Gasteiger partial charge on any atom is 0.229 e. The molecule has 4 nitrogen and oxygen atoms in total. The Balaban J connectivity index is 1.77. The molecule has 1 N–H and O–H groups in total. The van der Waals surface area contributed by atoms with Crippen LogP contribution in [0.25, 0.3) is 10.9 Å². The standard InChI is InChI=1S/C19H18Cl2N4/c20-14-8-6-10-16(17(14)21)23-19-22-15-9-3-2-7-13(15)18(24-19)25-11-4-1-5-12-25/h2-3,6-10H,1,4-5,11-12H2,(H,22,23,24). The van der Waals surface area contributed by atoms with Crippen molar-refractivity contribution >= 4 is 51.6 Å². The number of halogens is 2. The zero-order valence-corrected chi connectivity index (χ0v) is 15.2. The molecule has 6 heteroatoms. The van der Waals surface area contributed by atoms with E-state index in [1.54, 1.807) is 6.07 Å². The summed E-state index contributed by atoms with van der Waals surface area (Å²) in [4.78, 5) is 11.8. The van der Waals surface area contributed by atoms with Gasteiger partial charge in [0.2, 0.25) is 5.95 Å². The average Bonchev–Trinajstić information content (AvgIpc) is 2.65. The van der Waals surface area contributed by atoms with Crippen LogP contribution in [0.4, 0.5) is 17.5 Å². The molecule has 0 atom stereocenters. The molecular weight excluding hydrogens is 355 g/mol. The highest BCUT2D eigenvalue weighted by molar-refractivity contribution is 6.43. The fourth-order valence-corrected chi connectivity index (χ4v) is 3.53. The Hall–Kier alpha value is -2.04. The van der Waals surface area contributed by atoms with Crippen molar-refractivity contribution in [2.45, 2.75) is 19.3 Å². The van der Waals surface area contributed by atoms with Gasteiger partial charge in [0.25, 0.3) is 0 Å². The molecule has 1 aliphatic heterocycles. The van der Waals surface area contributed by atoms with Gasteiger partial charge in [-0.15, -0.1) is 0 Å². The second kappa shape index (κ2) is 7.06. The van der Waals surface area contributed by atoms with Gasteiger partial charge >= 0.3 is 0 Å². The van der Waals surface area contributed by atoms with Gasteiger partial charge in [0.1, 0.15) is 5.82 Å². The van der Waals surface area contributed by atoms with E-state index >= 15 is 0 Å². The third kappa shape index (κ3) is 3.37. The molecule has 4 rings (SSSR count). The van der Waals surface area contributed by atoms with Gasteiger partial charge in [-0.3, -0.25) is 0 Å². The predicted molar refractivity (Wildman–Crippen MR) is 105 cm³/mol. The highest BCUT2D eigenvalue weighted by atomic mass is 35.5. The third-order valence-corrected chi connectivity index (χ3v) is 5.26. The molecule has 1 saturated heterocycles. The van der Waals surface area contributed by atoms with Crippen molar-refractivity contribution in [1.29, 1.82) is 0 Å². The van der Waals surface area contributed by atoms with Gasteiger partial charge in [-0.05, 0) is 43.5 Å². The summed E-state index contributed by atoms with van der Waals surface area (Å²) >= 11 is 12.4. The lowest BCUT2D eigenvalue weighted by atomic mass is 10.1. The summed E-state index contributed by atoms with van der Waals surface area (Å²) in [6.07, 6.45) is 3.67. The first kappa shape index (κ1) is 16.4. The minimum Gasteiger partial charge on any atom is -0.356 e. The Morgan fingerprint density at radius 3 is 2.52 bits per heavy atom. The topological polar surface area (TPSA) is 41.1 Å². The van der Waals surface area contributed by atoms with Crippen molar-refractivity contribution in [2.24, 2.45) is 0 Å². The van der Waals surface area contributed by atoms with Gasteiger partial charge in [-0.1, -0.05) is 41.4 Å². The Kier molecular flexibility index (Phi) is 4.64. The summed E-state index contributed by atoms with van der Waals surface area (Å²) in [7, 11) is 0. The number of para-hydroxylation sites is 1. The van der Waals surface area contributed by atoms with Gasteiger partial charge in [-0.2, -0.15) is 4.98 Å². The van der Waals surface area contributed by atoms with E-state index < -0.39 is 0 Å². The summed E-state index contributed by atoms with van der Waals surface area (Å²) < 4.78 is 0. The van der Waals surface area contributed by atoms with Crippen LogP contribution in [0.1, 0.15) is 19.3 Å². The van der Waals surface area contributed by atoms with Crippen LogP contribution in [-0.4, -0.2) is 23.1 Å². The van der Waals surface area contributed by atoms with E-state index in [-0.39, 0.29) is 0 Å². The number of hydrogen-bond acceptors (Lipinski definition) is 4. The second-order valence-corrected chi connectivity index (χ2v) is 6.95. The summed E-state index contributed by atoms with van der Waals surface area (Å²) in [5.41, 5.74) is 1.62. The molecule has 0 radical (unpaired) electrons. The first-order chi connectivity index (χ1) is 12.2. The largest absolute Gasteiger partial charge is 0.356 e. The Morgan fingerprint density at radius 1 is 0.880 bits per heavy atom. The number of aromatic nitrogens is 2. The van der Waals surface area contributed by atoms with Gasteiger partial charge < -0.3 is 10.2 Å². The minimum absolute atomic E-state index is 0.473. The molecule has 2 aromatic carbocycles. The highest BCUT2D eigenvalue weighted by Gasteiger charge is 2.17. The number of fused-ring (bicyclic) bond motifs is 1. The molecule has 2 heterocycles. The first-order valence-corrected chi connectivity index (χ1v) is 9.21. The molecule has 0 saturated carbocycles. The van der Waals surface area contributed by atoms with Crippen LogP contribution >= 0.6 is 23.2 Å². The Morgan fingerprint density at radius 2 is 1.68 bits per heavy atom. The fourth-order valence-electron chi connectivity index (χ4n) is 3.18. The normalized spacial score (nSPS) is 14.7. The zero-order valence-electron chi connectivity index (χ0n) is 13.7. The van der Waals surface area contributed by atoms with Crippen LogP contribution in [-0.2, 0) is 0 Å². The van der Waals surface area contributed by atoms with Crippen molar-refractivity contribution in [2.75, 3.05) is 23.3 Å².